The van der Waals surface area contributed by atoms with Gasteiger partial charge in [-0.15, -0.1) is 0 Å². The van der Waals surface area contributed by atoms with Crippen LogP contribution in [0, 0.1) is 6.92 Å². The van der Waals surface area contributed by atoms with Crippen LogP contribution in [0.3, 0.4) is 0 Å². The fraction of sp³-hybridized carbons (Fsp3) is 0.400. The van der Waals surface area contributed by atoms with Crippen LogP contribution in [0.5, 0.6) is 5.75 Å². The number of ether oxygens (including phenoxy) is 2. The summed E-state index contributed by atoms with van der Waals surface area (Å²) >= 11 is 0. The summed E-state index contributed by atoms with van der Waals surface area (Å²) in [4.78, 5) is 16.4. The molecule has 0 fully saturated rings. The van der Waals surface area contributed by atoms with E-state index in [1.165, 1.54) is 6.20 Å². The van der Waals surface area contributed by atoms with Gasteiger partial charge in [0.2, 0.25) is 0 Å². The van der Waals surface area contributed by atoms with E-state index in [0.29, 0.717) is 30.2 Å². The van der Waals surface area contributed by atoms with Gasteiger partial charge in [-0.25, -0.2) is 9.78 Å². The van der Waals surface area contributed by atoms with Crippen LogP contribution in [0.1, 0.15) is 29.9 Å². The molecule has 0 N–H and O–H groups in total. The van der Waals surface area contributed by atoms with Gasteiger partial charge >= 0.3 is 5.97 Å². The van der Waals surface area contributed by atoms with E-state index in [4.69, 9.17) is 9.47 Å². The lowest BCUT2D eigenvalue weighted by Crippen LogP contribution is -2.09. The first kappa shape index (κ1) is 15.0. The van der Waals surface area contributed by atoms with Crippen molar-refractivity contribution in [2.45, 2.75) is 20.8 Å². The molecule has 0 bridgehead atoms. The van der Waals surface area contributed by atoms with Gasteiger partial charge in [0.25, 0.3) is 0 Å². The minimum Gasteiger partial charge on any atom is -0.488 e. The molecule has 0 aliphatic heterocycles. The Morgan fingerprint density at radius 1 is 1.48 bits per heavy atom. The predicted molar refractivity (Wildman–Crippen MR) is 79.5 cm³/mol. The third kappa shape index (κ3) is 2.89. The minimum absolute atomic E-state index is 0.303. The van der Waals surface area contributed by atoms with Crippen molar-refractivity contribution < 1.29 is 14.3 Å². The fourth-order valence-electron chi connectivity index (χ4n) is 2.11. The summed E-state index contributed by atoms with van der Waals surface area (Å²) in [6, 6.07) is 0. The Labute approximate surface area is 123 Å². The van der Waals surface area contributed by atoms with Crippen molar-refractivity contribution in [3.8, 4) is 5.75 Å². The molecule has 0 saturated carbocycles. The number of carbonyl (C=O) groups is 1. The third-order valence-electron chi connectivity index (χ3n) is 3.03. The van der Waals surface area contributed by atoms with Gasteiger partial charge in [0.15, 0.2) is 5.65 Å². The van der Waals surface area contributed by atoms with Gasteiger partial charge in [-0.2, -0.15) is 5.10 Å². The molecule has 6 nitrogen and oxygen atoms in total. The maximum atomic E-state index is 12.1. The maximum Gasteiger partial charge on any atom is 0.343 e. The number of esters is 1. The van der Waals surface area contributed by atoms with Crippen molar-refractivity contribution in [2.24, 2.45) is 7.05 Å². The average molecular weight is 289 g/mol. The predicted octanol–water partition coefficient (Wildman–Crippen LogP) is 2.41. The van der Waals surface area contributed by atoms with Crippen LogP contribution in [-0.4, -0.2) is 33.9 Å². The number of aryl methyl sites for hydroxylation is 2. The van der Waals surface area contributed by atoms with Gasteiger partial charge in [0.05, 0.1) is 17.7 Å². The zero-order valence-electron chi connectivity index (χ0n) is 12.7. The summed E-state index contributed by atoms with van der Waals surface area (Å²) in [5.74, 6) is 0.0350. The van der Waals surface area contributed by atoms with Crippen molar-refractivity contribution in [3.63, 3.8) is 0 Å². The second-order valence-electron chi connectivity index (χ2n) is 4.51. The Kier molecular flexibility index (Phi) is 4.57. The Bertz CT molecular complexity index is 689. The van der Waals surface area contributed by atoms with Gasteiger partial charge in [-0.3, -0.25) is 4.68 Å². The first-order valence-corrected chi connectivity index (χ1v) is 6.83. The molecule has 21 heavy (non-hydrogen) atoms. The van der Waals surface area contributed by atoms with Crippen LogP contribution in [0.2, 0.25) is 0 Å². The van der Waals surface area contributed by atoms with Crippen LogP contribution in [0.4, 0.5) is 0 Å². The van der Waals surface area contributed by atoms with E-state index < -0.39 is 5.97 Å². The maximum absolute atomic E-state index is 12.1. The van der Waals surface area contributed by atoms with Crippen LogP contribution in [0.15, 0.2) is 18.3 Å². The van der Waals surface area contributed by atoms with Crippen LogP contribution >= 0.6 is 0 Å². The normalized spacial score (nSPS) is 11.2. The molecular weight excluding hydrogens is 270 g/mol. The van der Waals surface area contributed by atoms with E-state index in [0.717, 1.165) is 11.1 Å². The van der Waals surface area contributed by atoms with E-state index in [9.17, 15) is 4.79 Å². The van der Waals surface area contributed by atoms with Crippen molar-refractivity contribution in [2.75, 3.05) is 13.2 Å². The van der Waals surface area contributed by atoms with Crippen molar-refractivity contribution in [1.82, 2.24) is 14.8 Å². The Morgan fingerprint density at radius 2 is 2.24 bits per heavy atom. The quantitative estimate of drug-likeness (QED) is 0.624. The number of pyridine rings is 1. The Hall–Kier alpha value is -2.37. The second kappa shape index (κ2) is 6.39. The molecular formula is C15H19N3O3. The van der Waals surface area contributed by atoms with Crippen LogP contribution in [-0.2, 0) is 11.8 Å². The number of allylic oxidation sites excluding steroid dienone is 1. The van der Waals surface area contributed by atoms with Gasteiger partial charge < -0.3 is 9.47 Å². The summed E-state index contributed by atoms with van der Waals surface area (Å²) in [5, 5.41) is 5.07. The molecule has 6 heteroatoms. The lowest BCUT2D eigenvalue weighted by atomic mass is 10.1. The van der Waals surface area contributed by atoms with E-state index in [1.807, 2.05) is 33.0 Å². The third-order valence-corrected chi connectivity index (χ3v) is 3.03. The first-order valence-electron chi connectivity index (χ1n) is 6.83. The lowest BCUT2D eigenvalue weighted by Gasteiger charge is -2.11. The zero-order chi connectivity index (χ0) is 15.4. The molecule has 2 aromatic rings. The van der Waals surface area contributed by atoms with Crippen LogP contribution in [0.25, 0.3) is 11.0 Å². The molecule has 112 valence electrons. The first-order chi connectivity index (χ1) is 10.1. The molecule has 0 amide bonds. The van der Waals surface area contributed by atoms with Gasteiger partial charge in [-0.1, -0.05) is 12.2 Å². The molecule has 0 saturated heterocycles. The number of fused-ring (bicyclic) bond motifs is 1. The van der Waals surface area contributed by atoms with Gasteiger partial charge in [0.1, 0.15) is 17.9 Å². The van der Waals surface area contributed by atoms with E-state index in [1.54, 1.807) is 11.6 Å². The number of hydrogen-bond donors (Lipinski definition) is 0. The van der Waals surface area contributed by atoms with Crippen molar-refractivity contribution >= 4 is 17.0 Å². The van der Waals surface area contributed by atoms with Crippen LogP contribution < -0.4 is 4.74 Å². The molecule has 0 aliphatic rings. The molecule has 0 spiro atoms. The monoisotopic (exact) mass is 289 g/mol. The molecule has 0 aromatic carbocycles. The summed E-state index contributed by atoms with van der Waals surface area (Å²) in [7, 11) is 1.81. The molecule has 0 aliphatic carbocycles. The molecule has 0 radical (unpaired) electrons. The Balaban J connectivity index is 2.59. The van der Waals surface area contributed by atoms with E-state index in [-0.39, 0.29) is 0 Å². The summed E-state index contributed by atoms with van der Waals surface area (Å²) in [6.45, 7) is 6.21. The van der Waals surface area contributed by atoms with Gasteiger partial charge in [-0.05, 0) is 20.8 Å². The highest BCUT2D eigenvalue weighted by atomic mass is 16.5. The summed E-state index contributed by atoms with van der Waals surface area (Å²) in [6.07, 6.45) is 5.23. The van der Waals surface area contributed by atoms with Gasteiger partial charge in [0, 0.05) is 13.2 Å². The SMILES string of the molecule is C/C=C/COc1c(C(=O)OCC)cnc2c1c(C)nn2C. The minimum atomic E-state index is -0.439. The average Bonchev–Trinajstić information content (AvgIpc) is 2.75. The topological polar surface area (TPSA) is 66.2 Å². The largest absolute Gasteiger partial charge is 0.488 e. The van der Waals surface area contributed by atoms with Crippen molar-refractivity contribution in [1.29, 1.82) is 0 Å². The molecule has 2 rings (SSSR count). The number of aromatic nitrogens is 3. The standard InChI is InChI=1S/C15H19N3O3/c1-5-7-8-21-13-11(15(19)20-6-2)9-16-14-12(13)10(3)17-18(14)4/h5,7,9H,6,8H2,1-4H3/b7-5+. The number of hydrogen-bond acceptors (Lipinski definition) is 5. The van der Waals surface area contributed by atoms with Crippen molar-refractivity contribution in [3.05, 3.63) is 29.6 Å². The molecule has 2 aromatic heterocycles. The van der Waals surface area contributed by atoms with E-state index in [2.05, 4.69) is 10.1 Å². The molecule has 0 atom stereocenters. The zero-order valence-corrected chi connectivity index (χ0v) is 12.7. The second-order valence-corrected chi connectivity index (χ2v) is 4.51. The molecule has 0 unspecified atom stereocenters. The lowest BCUT2D eigenvalue weighted by molar-refractivity contribution is 0.0522. The Morgan fingerprint density at radius 3 is 2.90 bits per heavy atom. The summed E-state index contributed by atoms with van der Waals surface area (Å²) < 4.78 is 12.5. The molecule has 2 heterocycles. The highest BCUT2D eigenvalue weighted by Gasteiger charge is 2.21. The highest BCUT2D eigenvalue weighted by molar-refractivity contribution is 5.99. The number of carbonyl (C=O) groups excluding carboxylic acids is 1. The van der Waals surface area contributed by atoms with E-state index >= 15 is 0 Å². The summed E-state index contributed by atoms with van der Waals surface area (Å²) in [5.41, 5.74) is 1.77. The number of nitrogens with zero attached hydrogens (tertiary/aromatic N) is 3. The smallest absolute Gasteiger partial charge is 0.343 e. The highest BCUT2D eigenvalue weighted by Crippen LogP contribution is 2.31. The number of rotatable bonds is 5. The fourth-order valence-corrected chi connectivity index (χ4v) is 2.11.